The fraction of sp³-hybridized carbons (Fsp3) is 0.474. The molecule has 7 nitrogen and oxygen atoms in total. The van der Waals surface area contributed by atoms with E-state index in [1.54, 1.807) is 18.6 Å². The van der Waals surface area contributed by atoms with Crippen molar-refractivity contribution in [2.24, 2.45) is 0 Å². The Morgan fingerprint density at radius 3 is 2.88 bits per heavy atom. The molecule has 2 aliphatic heterocycles. The molecule has 0 N–H and O–H groups in total. The zero-order valence-corrected chi connectivity index (χ0v) is 15.0. The lowest BCUT2D eigenvalue weighted by Gasteiger charge is -2.48. The van der Waals surface area contributed by atoms with Gasteiger partial charge in [-0.3, -0.25) is 14.8 Å². The molecule has 2 saturated heterocycles. The van der Waals surface area contributed by atoms with Gasteiger partial charge in [0.2, 0.25) is 0 Å². The van der Waals surface area contributed by atoms with Crippen molar-refractivity contribution in [2.45, 2.75) is 25.4 Å². The van der Waals surface area contributed by atoms with Gasteiger partial charge in [-0.05, 0) is 31.9 Å². The molecule has 136 valence electrons. The van der Waals surface area contributed by atoms with Crippen LogP contribution in [0, 0.1) is 6.92 Å². The molecule has 0 radical (unpaired) electrons. The van der Waals surface area contributed by atoms with Gasteiger partial charge in [0.05, 0.1) is 36.9 Å². The number of rotatable bonds is 2. The minimum Gasteiger partial charge on any atom is -0.369 e. The number of ether oxygens (including phenoxy) is 1. The van der Waals surface area contributed by atoms with Crippen molar-refractivity contribution >= 4 is 11.6 Å². The van der Waals surface area contributed by atoms with Gasteiger partial charge in [-0.2, -0.15) is 0 Å². The first-order chi connectivity index (χ1) is 12.7. The van der Waals surface area contributed by atoms with Crippen molar-refractivity contribution in [2.75, 3.05) is 37.7 Å². The predicted octanol–water partition coefficient (Wildman–Crippen LogP) is 1.69. The fourth-order valence-corrected chi connectivity index (χ4v) is 3.79. The highest BCUT2D eigenvalue weighted by atomic mass is 16.5. The van der Waals surface area contributed by atoms with Crippen molar-refractivity contribution in [3.05, 3.63) is 48.3 Å². The number of hydrogen-bond donors (Lipinski definition) is 0. The van der Waals surface area contributed by atoms with E-state index in [2.05, 4.69) is 25.9 Å². The summed E-state index contributed by atoms with van der Waals surface area (Å²) in [4.78, 5) is 29.6. The van der Waals surface area contributed by atoms with Crippen LogP contribution in [-0.4, -0.2) is 64.1 Å². The molecule has 0 aliphatic carbocycles. The van der Waals surface area contributed by atoms with Gasteiger partial charge in [-0.1, -0.05) is 0 Å². The van der Waals surface area contributed by atoms with E-state index < -0.39 is 0 Å². The molecule has 2 aromatic rings. The number of morpholine rings is 1. The Balaban J connectivity index is 1.50. The molecule has 4 heterocycles. The zero-order valence-electron chi connectivity index (χ0n) is 15.0. The Morgan fingerprint density at radius 1 is 1.19 bits per heavy atom. The number of aryl methyl sites for hydroxylation is 1. The SMILES string of the molecule is Cc1cnc(C(=O)N2CCOC3(CCCN(c4cccnc4)C3)C2)cn1. The van der Waals surface area contributed by atoms with Gasteiger partial charge >= 0.3 is 0 Å². The molecule has 26 heavy (non-hydrogen) atoms. The number of carbonyl (C=O) groups is 1. The molecule has 2 aliphatic rings. The average Bonchev–Trinajstić information content (AvgIpc) is 2.69. The second-order valence-corrected chi connectivity index (χ2v) is 7.04. The molecular formula is C19H23N5O2. The maximum Gasteiger partial charge on any atom is 0.274 e. The first-order valence-electron chi connectivity index (χ1n) is 9.02. The third-order valence-electron chi connectivity index (χ3n) is 5.09. The molecule has 2 aromatic heterocycles. The van der Waals surface area contributed by atoms with E-state index in [1.807, 2.05) is 24.1 Å². The number of nitrogens with zero attached hydrogens (tertiary/aromatic N) is 5. The number of hydrogen-bond acceptors (Lipinski definition) is 6. The quantitative estimate of drug-likeness (QED) is 0.818. The number of carbonyl (C=O) groups excluding carboxylic acids is 1. The van der Waals surface area contributed by atoms with Crippen molar-refractivity contribution in [1.82, 2.24) is 19.9 Å². The molecule has 0 aromatic carbocycles. The lowest BCUT2D eigenvalue weighted by atomic mass is 9.90. The van der Waals surface area contributed by atoms with E-state index in [0.717, 1.165) is 37.3 Å². The zero-order chi connectivity index (χ0) is 18.0. The number of anilines is 1. The number of pyridine rings is 1. The van der Waals surface area contributed by atoms with E-state index in [1.165, 1.54) is 0 Å². The molecule has 1 amide bonds. The molecule has 0 bridgehead atoms. The van der Waals surface area contributed by atoms with Crippen LogP contribution < -0.4 is 4.90 Å². The molecule has 1 atom stereocenters. The minimum absolute atomic E-state index is 0.0707. The highest BCUT2D eigenvalue weighted by molar-refractivity contribution is 5.92. The first-order valence-corrected chi connectivity index (χ1v) is 9.02. The summed E-state index contributed by atoms with van der Waals surface area (Å²) in [6.45, 7) is 5.32. The molecule has 2 fully saturated rings. The van der Waals surface area contributed by atoms with Crippen molar-refractivity contribution in [3.8, 4) is 0 Å². The van der Waals surface area contributed by atoms with Crippen LogP contribution in [0.1, 0.15) is 29.0 Å². The van der Waals surface area contributed by atoms with Crippen LogP contribution in [0.15, 0.2) is 36.9 Å². The van der Waals surface area contributed by atoms with Gasteiger partial charge in [0.1, 0.15) is 11.3 Å². The molecular weight excluding hydrogens is 330 g/mol. The summed E-state index contributed by atoms with van der Waals surface area (Å²) in [7, 11) is 0. The summed E-state index contributed by atoms with van der Waals surface area (Å²) >= 11 is 0. The standard InChI is InChI=1S/C19H23N5O2/c1-15-10-22-17(12-21-15)18(25)24-8-9-26-19(14-24)5-3-7-23(13-19)16-4-2-6-20-11-16/h2,4,6,10-12H,3,5,7-9,13-14H2,1H3. The van der Waals surface area contributed by atoms with Crippen LogP contribution >= 0.6 is 0 Å². The lowest BCUT2D eigenvalue weighted by molar-refractivity contribution is -0.105. The Hall–Kier alpha value is -2.54. The minimum atomic E-state index is -0.333. The molecule has 0 saturated carbocycles. The smallest absolute Gasteiger partial charge is 0.274 e. The number of piperidine rings is 1. The second kappa shape index (κ2) is 6.99. The third-order valence-corrected chi connectivity index (χ3v) is 5.09. The van der Waals surface area contributed by atoms with E-state index in [0.29, 0.717) is 25.4 Å². The third kappa shape index (κ3) is 3.39. The van der Waals surface area contributed by atoms with Gasteiger partial charge in [-0.25, -0.2) is 4.98 Å². The molecule has 7 heteroatoms. The summed E-state index contributed by atoms with van der Waals surface area (Å²) in [5.41, 5.74) is 1.97. The Bertz CT molecular complexity index is 763. The maximum absolute atomic E-state index is 12.8. The fourth-order valence-electron chi connectivity index (χ4n) is 3.79. The molecule has 1 unspecified atom stereocenters. The summed E-state index contributed by atoms with van der Waals surface area (Å²) in [6.07, 6.45) is 8.83. The lowest BCUT2D eigenvalue weighted by Crippen LogP contribution is -2.61. The summed E-state index contributed by atoms with van der Waals surface area (Å²) in [5, 5.41) is 0. The maximum atomic E-state index is 12.8. The van der Waals surface area contributed by atoms with Crippen molar-refractivity contribution in [3.63, 3.8) is 0 Å². The van der Waals surface area contributed by atoms with Gasteiger partial charge in [-0.15, -0.1) is 0 Å². The summed E-state index contributed by atoms with van der Waals surface area (Å²) < 4.78 is 6.20. The predicted molar refractivity (Wildman–Crippen MR) is 97.0 cm³/mol. The molecule has 1 spiro atoms. The van der Waals surface area contributed by atoms with Gasteiger partial charge in [0.25, 0.3) is 5.91 Å². The normalized spacial score (nSPS) is 23.3. The monoisotopic (exact) mass is 353 g/mol. The van der Waals surface area contributed by atoms with Gasteiger partial charge < -0.3 is 14.5 Å². The Labute approximate surface area is 153 Å². The first kappa shape index (κ1) is 16.9. The Kier molecular flexibility index (Phi) is 4.55. The highest BCUT2D eigenvalue weighted by Crippen LogP contribution is 2.31. The summed E-state index contributed by atoms with van der Waals surface area (Å²) in [6, 6.07) is 4.02. The topological polar surface area (TPSA) is 71.5 Å². The van der Waals surface area contributed by atoms with Crippen LogP contribution in [0.25, 0.3) is 0 Å². The van der Waals surface area contributed by atoms with Crippen LogP contribution in [0.2, 0.25) is 0 Å². The van der Waals surface area contributed by atoms with Gasteiger partial charge in [0, 0.05) is 32.0 Å². The van der Waals surface area contributed by atoms with E-state index in [-0.39, 0.29) is 11.5 Å². The van der Waals surface area contributed by atoms with Crippen molar-refractivity contribution < 1.29 is 9.53 Å². The van der Waals surface area contributed by atoms with Crippen LogP contribution in [0.3, 0.4) is 0 Å². The van der Waals surface area contributed by atoms with Crippen molar-refractivity contribution in [1.29, 1.82) is 0 Å². The Morgan fingerprint density at radius 2 is 2.12 bits per heavy atom. The second-order valence-electron chi connectivity index (χ2n) is 7.04. The number of amides is 1. The van der Waals surface area contributed by atoms with Crippen LogP contribution in [0.5, 0.6) is 0 Å². The van der Waals surface area contributed by atoms with Gasteiger partial charge in [0.15, 0.2) is 0 Å². The molecule has 4 rings (SSSR count). The van der Waals surface area contributed by atoms with Crippen LogP contribution in [0.4, 0.5) is 5.69 Å². The van der Waals surface area contributed by atoms with E-state index in [4.69, 9.17) is 4.74 Å². The largest absolute Gasteiger partial charge is 0.369 e. The van der Waals surface area contributed by atoms with E-state index in [9.17, 15) is 4.79 Å². The average molecular weight is 353 g/mol. The highest BCUT2D eigenvalue weighted by Gasteiger charge is 2.42. The van der Waals surface area contributed by atoms with E-state index >= 15 is 0 Å². The van der Waals surface area contributed by atoms with Crippen LogP contribution in [-0.2, 0) is 4.74 Å². The number of aromatic nitrogens is 3. The summed E-state index contributed by atoms with van der Waals surface area (Å²) in [5.74, 6) is -0.0707.